The molecule has 2 heteroatoms. The SMILES string of the molecule is CC(=O)CC/C=C(\C)CCC/C(C)=C/C(=O)CC(C)C. The van der Waals surface area contributed by atoms with Crippen LogP contribution in [0.4, 0.5) is 0 Å². The molecule has 0 saturated carbocycles. The van der Waals surface area contributed by atoms with E-state index in [1.165, 1.54) is 11.1 Å². The highest BCUT2D eigenvalue weighted by molar-refractivity contribution is 5.90. The lowest BCUT2D eigenvalue weighted by atomic mass is 10.0. The maximum absolute atomic E-state index is 11.6. The molecule has 0 aliphatic rings. The normalized spacial score (nSPS) is 12.9. The van der Waals surface area contributed by atoms with E-state index in [0.29, 0.717) is 18.8 Å². The number of carbonyl (C=O) groups is 2. The van der Waals surface area contributed by atoms with Crippen molar-refractivity contribution in [3.63, 3.8) is 0 Å². The fourth-order valence-electron chi connectivity index (χ4n) is 2.08. The molecule has 0 radical (unpaired) electrons. The summed E-state index contributed by atoms with van der Waals surface area (Å²) in [6.07, 6.45) is 9.17. The van der Waals surface area contributed by atoms with Crippen molar-refractivity contribution in [2.45, 2.75) is 73.1 Å². The van der Waals surface area contributed by atoms with Crippen LogP contribution in [0.3, 0.4) is 0 Å². The molecule has 0 saturated heterocycles. The molecule has 0 N–H and O–H groups in total. The predicted octanol–water partition coefficient (Wildman–Crippen LogP) is 5.03. The second kappa shape index (κ2) is 10.6. The van der Waals surface area contributed by atoms with Gasteiger partial charge in [-0.1, -0.05) is 31.1 Å². The Morgan fingerprint density at radius 2 is 1.55 bits per heavy atom. The lowest BCUT2D eigenvalue weighted by molar-refractivity contribution is -0.117. The predicted molar refractivity (Wildman–Crippen MR) is 85.7 cm³/mol. The van der Waals surface area contributed by atoms with Gasteiger partial charge < -0.3 is 4.79 Å². The molecule has 0 aliphatic heterocycles. The third-order valence-corrected chi connectivity index (χ3v) is 3.15. The van der Waals surface area contributed by atoms with Crippen molar-refractivity contribution in [3.05, 3.63) is 23.3 Å². The van der Waals surface area contributed by atoms with Crippen molar-refractivity contribution in [2.75, 3.05) is 0 Å². The number of Topliss-reactive ketones (excluding diaryl/α,β-unsaturated/α-hetero) is 1. The van der Waals surface area contributed by atoms with Crippen molar-refractivity contribution >= 4 is 11.6 Å². The van der Waals surface area contributed by atoms with Gasteiger partial charge in [0.1, 0.15) is 5.78 Å². The van der Waals surface area contributed by atoms with Gasteiger partial charge in [-0.2, -0.15) is 0 Å². The average Bonchev–Trinajstić information content (AvgIpc) is 2.26. The van der Waals surface area contributed by atoms with Gasteiger partial charge in [0.25, 0.3) is 0 Å². The highest BCUT2D eigenvalue weighted by atomic mass is 16.1. The van der Waals surface area contributed by atoms with Crippen LogP contribution in [0.15, 0.2) is 23.3 Å². The summed E-state index contributed by atoms with van der Waals surface area (Å²) in [5, 5.41) is 0. The van der Waals surface area contributed by atoms with Crippen LogP contribution in [0.2, 0.25) is 0 Å². The molecule has 0 aliphatic carbocycles. The Balaban J connectivity index is 3.95. The first-order valence-electron chi connectivity index (χ1n) is 7.66. The van der Waals surface area contributed by atoms with Crippen molar-refractivity contribution in [1.29, 1.82) is 0 Å². The highest BCUT2D eigenvalue weighted by Gasteiger charge is 2.02. The molecule has 0 rings (SSSR count). The van der Waals surface area contributed by atoms with Gasteiger partial charge in [0.2, 0.25) is 0 Å². The zero-order chi connectivity index (χ0) is 15.5. The Bertz CT molecular complexity index is 373. The Kier molecular flexibility index (Phi) is 9.96. The molecule has 0 amide bonds. The molecule has 0 spiro atoms. The van der Waals surface area contributed by atoms with Crippen LogP contribution in [0.5, 0.6) is 0 Å². The topological polar surface area (TPSA) is 34.1 Å². The summed E-state index contributed by atoms with van der Waals surface area (Å²) < 4.78 is 0. The van der Waals surface area contributed by atoms with Crippen LogP contribution in [0.25, 0.3) is 0 Å². The van der Waals surface area contributed by atoms with Crippen LogP contribution in [-0.2, 0) is 9.59 Å². The number of ketones is 2. The molecule has 2 nitrogen and oxygen atoms in total. The van der Waals surface area contributed by atoms with Crippen molar-refractivity contribution in [3.8, 4) is 0 Å². The first-order chi connectivity index (χ1) is 9.31. The van der Waals surface area contributed by atoms with Gasteiger partial charge in [-0.25, -0.2) is 0 Å². The van der Waals surface area contributed by atoms with E-state index < -0.39 is 0 Å². The van der Waals surface area contributed by atoms with E-state index in [0.717, 1.165) is 25.7 Å². The van der Waals surface area contributed by atoms with Gasteiger partial charge in [-0.05, 0) is 58.4 Å². The molecule has 0 aromatic heterocycles. The molecule has 0 heterocycles. The van der Waals surface area contributed by atoms with Gasteiger partial charge in [0, 0.05) is 12.8 Å². The fourth-order valence-corrected chi connectivity index (χ4v) is 2.08. The molecule has 0 aromatic rings. The molecule has 114 valence electrons. The Morgan fingerprint density at radius 3 is 2.10 bits per heavy atom. The van der Waals surface area contributed by atoms with E-state index in [4.69, 9.17) is 0 Å². The monoisotopic (exact) mass is 278 g/mol. The summed E-state index contributed by atoms with van der Waals surface area (Å²) in [5.41, 5.74) is 2.51. The number of allylic oxidation sites excluding steroid dienone is 4. The summed E-state index contributed by atoms with van der Waals surface area (Å²) in [6.45, 7) is 9.91. The van der Waals surface area contributed by atoms with E-state index in [2.05, 4.69) is 26.8 Å². The number of rotatable bonds is 10. The Morgan fingerprint density at radius 1 is 0.950 bits per heavy atom. The second-order valence-corrected chi connectivity index (χ2v) is 6.20. The second-order valence-electron chi connectivity index (χ2n) is 6.20. The van der Waals surface area contributed by atoms with Crippen LogP contribution >= 0.6 is 0 Å². The summed E-state index contributed by atoms with van der Waals surface area (Å²) in [5.74, 6) is 0.917. The maximum atomic E-state index is 11.6. The van der Waals surface area contributed by atoms with Gasteiger partial charge in [0.15, 0.2) is 5.78 Å². The number of hydrogen-bond acceptors (Lipinski definition) is 2. The summed E-state index contributed by atoms with van der Waals surface area (Å²) in [4.78, 5) is 22.5. The first kappa shape index (κ1) is 18.8. The quantitative estimate of drug-likeness (QED) is 0.414. The fraction of sp³-hybridized carbons (Fsp3) is 0.667. The van der Waals surface area contributed by atoms with Crippen LogP contribution in [0.1, 0.15) is 73.1 Å². The largest absolute Gasteiger partial charge is 0.300 e. The minimum Gasteiger partial charge on any atom is -0.300 e. The molecule has 0 atom stereocenters. The summed E-state index contributed by atoms with van der Waals surface area (Å²) in [7, 11) is 0. The summed E-state index contributed by atoms with van der Waals surface area (Å²) in [6, 6.07) is 0. The van der Waals surface area contributed by atoms with E-state index in [-0.39, 0.29) is 11.6 Å². The molecular weight excluding hydrogens is 248 g/mol. The molecule has 0 aromatic carbocycles. The molecule has 0 unspecified atom stereocenters. The third kappa shape index (κ3) is 11.9. The van der Waals surface area contributed by atoms with Crippen LogP contribution in [-0.4, -0.2) is 11.6 Å². The lowest BCUT2D eigenvalue weighted by Crippen LogP contribution is -1.99. The Labute approximate surface area is 124 Å². The van der Waals surface area contributed by atoms with Crippen molar-refractivity contribution in [2.24, 2.45) is 5.92 Å². The van der Waals surface area contributed by atoms with Crippen LogP contribution < -0.4 is 0 Å². The van der Waals surface area contributed by atoms with E-state index >= 15 is 0 Å². The van der Waals surface area contributed by atoms with Gasteiger partial charge in [-0.3, -0.25) is 4.79 Å². The zero-order valence-corrected chi connectivity index (χ0v) is 13.8. The summed E-state index contributed by atoms with van der Waals surface area (Å²) >= 11 is 0. The smallest absolute Gasteiger partial charge is 0.155 e. The van der Waals surface area contributed by atoms with Gasteiger partial charge in [0.05, 0.1) is 0 Å². The molecular formula is C18H30O2. The minimum atomic E-state index is 0.242. The standard InChI is InChI=1S/C18H30O2/c1-14(2)12-18(20)13-16(4)10-6-8-15(3)9-7-11-17(5)19/h9,13-14H,6-8,10-12H2,1-5H3/b15-9+,16-13+. The average molecular weight is 278 g/mol. The number of carbonyl (C=O) groups excluding carboxylic acids is 2. The molecule has 20 heavy (non-hydrogen) atoms. The van der Waals surface area contributed by atoms with Crippen molar-refractivity contribution in [1.82, 2.24) is 0 Å². The van der Waals surface area contributed by atoms with E-state index in [1.807, 2.05) is 6.92 Å². The molecule has 0 bridgehead atoms. The number of hydrogen-bond donors (Lipinski definition) is 0. The lowest BCUT2D eigenvalue weighted by Gasteiger charge is -2.04. The minimum absolute atomic E-state index is 0.242. The first-order valence-corrected chi connectivity index (χ1v) is 7.66. The Hall–Kier alpha value is -1.18. The zero-order valence-electron chi connectivity index (χ0n) is 13.8. The van der Waals surface area contributed by atoms with Crippen LogP contribution in [0, 0.1) is 5.92 Å². The van der Waals surface area contributed by atoms with Crippen molar-refractivity contribution < 1.29 is 9.59 Å². The molecule has 0 fully saturated rings. The van der Waals surface area contributed by atoms with E-state index in [9.17, 15) is 9.59 Å². The van der Waals surface area contributed by atoms with Gasteiger partial charge >= 0.3 is 0 Å². The third-order valence-electron chi connectivity index (χ3n) is 3.15. The van der Waals surface area contributed by atoms with E-state index in [1.54, 1.807) is 13.0 Å². The highest BCUT2D eigenvalue weighted by Crippen LogP contribution is 2.13. The maximum Gasteiger partial charge on any atom is 0.155 e. The van der Waals surface area contributed by atoms with Gasteiger partial charge in [-0.15, -0.1) is 0 Å².